The lowest BCUT2D eigenvalue weighted by molar-refractivity contribution is -0.141. The van der Waals surface area contributed by atoms with Crippen LogP contribution in [0.1, 0.15) is 17.7 Å². The summed E-state index contributed by atoms with van der Waals surface area (Å²) in [5, 5.41) is 11.7. The molecule has 1 aliphatic heterocycles. The quantitative estimate of drug-likeness (QED) is 0.907. The first kappa shape index (κ1) is 15.5. The highest BCUT2D eigenvalue weighted by Gasteiger charge is 2.33. The van der Waals surface area contributed by atoms with Crippen LogP contribution in [-0.4, -0.2) is 24.2 Å². The van der Waals surface area contributed by atoms with Gasteiger partial charge in [-0.3, -0.25) is 0 Å². The van der Waals surface area contributed by atoms with E-state index in [1.165, 1.54) is 6.07 Å². The molecule has 2 heterocycles. The van der Waals surface area contributed by atoms with Crippen LogP contribution < -0.4 is 10.1 Å². The van der Waals surface area contributed by atoms with E-state index in [0.717, 1.165) is 6.54 Å². The maximum Gasteiger partial charge on any atom is 0.433 e. The zero-order valence-corrected chi connectivity index (χ0v) is 10.5. The number of hydrogen-bond acceptors (Lipinski definition) is 4. The number of alkyl halides is 3. The van der Waals surface area contributed by atoms with Crippen LogP contribution in [0.5, 0.6) is 5.88 Å². The zero-order chi connectivity index (χ0) is 13.2. The smallest absolute Gasteiger partial charge is 0.433 e. The monoisotopic (exact) mass is 293 g/mol. The summed E-state index contributed by atoms with van der Waals surface area (Å²) in [5.74, 6) is -0.157. The van der Waals surface area contributed by atoms with E-state index in [1.807, 2.05) is 0 Å². The average Bonchev–Trinajstić information content (AvgIpc) is 2.80. The van der Waals surface area contributed by atoms with Gasteiger partial charge in [0.25, 0.3) is 0 Å². The number of pyridine rings is 1. The van der Waals surface area contributed by atoms with Gasteiger partial charge in [-0.1, -0.05) is 0 Å². The maximum atomic E-state index is 12.6. The molecule has 19 heavy (non-hydrogen) atoms. The van der Waals surface area contributed by atoms with E-state index < -0.39 is 11.9 Å². The number of aromatic nitrogens is 1. The average molecular weight is 294 g/mol. The number of hydrogen-bond donors (Lipinski definition) is 1. The van der Waals surface area contributed by atoms with E-state index in [-0.39, 0.29) is 30.0 Å². The lowest BCUT2D eigenvalue weighted by atomic mass is 10.2. The van der Waals surface area contributed by atoms with E-state index in [0.29, 0.717) is 19.0 Å². The van der Waals surface area contributed by atoms with Crippen LogP contribution in [0.2, 0.25) is 0 Å². The Balaban J connectivity index is 0.00000180. The first-order valence-corrected chi connectivity index (χ1v) is 5.36. The van der Waals surface area contributed by atoms with Crippen molar-refractivity contribution in [1.82, 2.24) is 10.3 Å². The molecule has 0 aromatic carbocycles. The minimum Gasteiger partial charge on any atom is -0.473 e. The Morgan fingerprint density at radius 3 is 2.68 bits per heavy atom. The van der Waals surface area contributed by atoms with Crippen LogP contribution >= 0.6 is 12.4 Å². The molecule has 8 heteroatoms. The van der Waals surface area contributed by atoms with Crippen molar-refractivity contribution in [3.8, 4) is 11.9 Å². The molecule has 1 saturated heterocycles. The van der Waals surface area contributed by atoms with Crippen LogP contribution in [-0.2, 0) is 6.18 Å². The topological polar surface area (TPSA) is 57.9 Å². The van der Waals surface area contributed by atoms with E-state index in [2.05, 4.69) is 10.3 Å². The van der Waals surface area contributed by atoms with E-state index >= 15 is 0 Å². The van der Waals surface area contributed by atoms with Crippen molar-refractivity contribution in [2.45, 2.75) is 18.7 Å². The molecule has 4 nitrogen and oxygen atoms in total. The van der Waals surface area contributed by atoms with Crippen LogP contribution in [0.4, 0.5) is 13.2 Å². The molecular weight excluding hydrogens is 283 g/mol. The van der Waals surface area contributed by atoms with Crippen LogP contribution in [0.25, 0.3) is 0 Å². The van der Waals surface area contributed by atoms with Gasteiger partial charge in [0, 0.05) is 12.6 Å². The first-order valence-electron chi connectivity index (χ1n) is 5.36. The fourth-order valence-electron chi connectivity index (χ4n) is 1.67. The molecule has 1 aliphatic rings. The third-order valence-electron chi connectivity index (χ3n) is 2.52. The molecule has 1 fully saturated rings. The Labute approximate surface area is 114 Å². The second-order valence-electron chi connectivity index (χ2n) is 3.92. The number of nitrogens with one attached hydrogen (secondary N) is 1. The summed E-state index contributed by atoms with van der Waals surface area (Å²) in [5.41, 5.74) is -1.22. The van der Waals surface area contributed by atoms with Crippen molar-refractivity contribution >= 4 is 12.4 Å². The van der Waals surface area contributed by atoms with Crippen molar-refractivity contribution in [1.29, 1.82) is 5.26 Å². The van der Waals surface area contributed by atoms with Crippen molar-refractivity contribution < 1.29 is 17.9 Å². The van der Waals surface area contributed by atoms with Crippen molar-refractivity contribution in [2.75, 3.05) is 13.1 Å². The largest absolute Gasteiger partial charge is 0.473 e. The molecule has 0 unspecified atom stereocenters. The van der Waals surface area contributed by atoms with Crippen molar-refractivity contribution in [2.24, 2.45) is 0 Å². The number of ether oxygens (including phenoxy) is 1. The molecule has 1 N–H and O–H groups in total. The van der Waals surface area contributed by atoms with Gasteiger partial charge in [0.2, 0.25) is 5.88 Å². The Morgan fingerprint density at radius 1 is 1.42 bits per heavy atom. The summed E-state index contributed by atoms with van der Waals surface area (Å²) in [4.78, 5) is 3.39. The van der Waals surface area contributed by atoms with Gasteiger partial charge in [0.15, 0.2) is 0 Å². The predicted octanol–water partition coefficient (Wildman–Crippen LogP) is 2.13. The first-order chi connectivity index (χ1) is 8.49. The summed E-state index contributed by atoms with van der Waals surface area (Å²) in [6, 6.07) is 3.59. The second-order valence-corrected chi connectivity index (χ2v) is 3.92. The summed E-state index contributed by atoms with van der Waals surface area (Å²) in [7, 11) is 0. The van der Waals surface area contributed by atoms with E-state index in [1.54, 1.807) is 6.07 Å². The summed E-state index contributed by atoms with van der Waals surface area (Å²) in [6.07, 6.45) is -4.08. The van der Waals surface area contributed by atoms with E-state index in [4.69, 9.17) is 10.00 Å². The highest BCUT2D eigenvalue weighted by molar-refractivity contribution is 5.85. The summed E-state index contributed by atoms with van der Waals surface area (Å²) < 4.78 is 43.0. The molecule has 0 radical (unpaired) electrons. The lowest BCUT2D eigenvalue weighted by Crippen LogP contribution is -2.21. The molecule has 1 aromatic rings. The number of nitriles is 1. The number of halogens is 4. The highest BCUT2D eigenvalue weighted by Crippen LogP contribution is 2.30. The fraction of sp³-hybridized carbons (Fsp3) is 0.455. The molecule has 0 amide bonds. The van der Waals surface area contributed by atoms with Gasteiger partial charge >= 0.3 is 6.18 Å². The highest BCUT2D eigenvalue weighted by atomic mass is 35.5. The third kappa shape index (κ3) is 3.98. The molecule has 1 aromatic heterocycles. The number of nitrogens with zero attached hydrogens (tertiary/aromatic N) is 2. The van der Waals surface area contributed by atoms with Crippen LogP contribution in [0, 0.1) is 11.3 Å². The van der Waals surface area contributed by atoms with E-state index in [9.17, 15) is 13.2 Å². The molecule has 1 atom stereocenters. The molecule has 0 saturated carbocycles. The predicted molar refractivity (Wildman–Crippen MR) is 63.1 cm³/mol. The Morgan fingerprint density at radius 2 is 2.16 bits per heavy atom. The van der Waals surface area contributed by atoms with Gasteiger partial charge in [-0.25, -0.2) is 4.98 Å². The van der Waals surface area contributed by atoms with Gasteiger partial charge < -0.3 is 10.1 Å². The van der Waals surface area contributed by atoms with Crippen molar-refractivity contribution in [3.63, 3.8) is 0 Å². The standard InChI is InChI=1S/C11H10F3N3O.ClH/c12-11(13,14)9-3-7(5-15)4-10(17-9)18-8-1-2-16-6-8;/h3-4,8,16H,1-2,6H2;1H/t8-;/m0./s1. The van der Waals surface area contributed by atoms with Gasteiger partial charge in [0.1, 0.15) is 11.8 Å². The Hall–Kier alpha value is -1.52. The second kappa shape index (κ2) is 6.08. The fourth-order valence-corrected chi connectivity index (χ4v) is 1.67. The lowest BCUT2D eigenvalue weighted by Gasteiger charge is -2.13. The minimum atomic E-state index is -4.58. The normalized spacial score (nSPS) is 18.5. The summed E-state index contributed by atoms with van der Waals surface area (Å²) in [6.45, 7) is 1.33. The molecule has 0 bridgehead atoms. The molecule has 0 spiro atoms. The van der Waals surface area contributed by atoms with Gasteiger partial charge in [-0.05, 0) is 19.0 Å². The van der Waals surface area contributed by atoms with Gasteiger partial charge in [0.05, 0.1) is 11.6 Å². The molecule has 0 aliphatic carbocycles. The Kier molecular flexibility index (Phi) is 4.97. The van der Waals surface area contributed by atoms with Crippen LogP contribution in [0.3, 0.4) is 0 Å². The number of rotatable bonds is 2. The summed E-state index contributed by atoms with van der Waals surface area (Å²) >= 11 is 0. The molecule has 2 rings (SSSR count). The van der Waals surface area contributed by atoms with Gasteiger partial charge in [-0.2, -0.15) is 18.4 Å². The molecule has 104 valence electrons. The van der Waals surface area contributed by atoms with Crippen LogP contribution in [0.15, 0.2) is 12.1 Å². The van der Waals surface area contributed by atoms with Crippen molar-refractivity contribution in [3.05, 3.63) is 23.4 Å². The zero-order valence-electron chi connectivity index (χ0n) is 9.70. The minimum absolute atomic E-state index is 0. The molecular formula is C11H11ClF3N3O. The maximum absolute atomic E-state index is 12.6. The Bertz CT molecular complexity index is 481. The SMILES string of the molecule is Cl.N#Cc1cc(O[C@H]2CCNC2)nc(C(F)(F)F)c1. The van der Waals surface area contributed by atoms with Gasteiger partial charge in [-0.15, -0.1) is 12.4 Å². The third-order valence-corrected chi connectivity index (χ3v) is 2.52.